The van der Waals surface area contributed by atoms with Gasteiger partial charge in [-0.3, -0.25) is 4.68 Å². The molecule has 0 aromatic carbocycles. The van der Waals surface area contributed by atoms with E-state index in [0.717, 1.165) is 4.68 Å². The number of alkyl halides is 3. The summed E-state index contributed by atoms with van der Waals surface area (Å²) in [5.41, 5.74) is -0.628. The number of halogens is 4. The second kappa shape index (κ2) is 3.84. The van der Waals surface area contributed by atoms with Crippen molar-refractivity contribution in [1.82, 2.24) is 9.78 Å². The van der Waals surface area contributed by atoms with Gasteiger partial charge in [-0.2, -0.15) is 18.3 Å². The number of aromatic nitrogens is 2. The Labute approximate surface area is 90.8 Å². The number of hydrogen-bond donors (Lipinski definition) is 1. The van der Waals surface area contributed by atoms with Crippen molar-refractivity contribution in [1.29, 1.82) is 0 Å². The second-order valence-electron chi connectivity index (χ2n) is 2.83. The van der Waals surface area contributed by atoms with Crippen molar-refractivity contribution >= 4 is 21.9 Å². The average molecular weight is 287 g/mol. The first-order valence-electron chi connectivity index (χ1n) is 3.74. The summed E-state index contributed by atoms with van der Waals surface area (Å²) in [5.74, 6) is -1.33. The van der Waals surface area contributed by atoms with Gasteiger partial charge in [0.05, 0.1) is 16.6 Å². The van der Waals surface area contributed by atoms with Crippen molar-refractivity contribution in [2.75, 3.05) is 0 Å². The molecule has 1 rings (SSSR count). The Morgan fingerprint density at radius 3 is 2.47 bits per heavy atom. The molecule has 1 N–H and O–H groups in total. The van der Waals surface area contributed by atoms with Crippen molar-refractivity contribution in [2.24, 2.45) is 7.05 Å². The molecule has 0 saturated carbocycles. The molecule has 0 aliphatic carbocycles. The summed E-state index contributed by atoms with van der Waals surface area (Å²) in [7, 11) is 1.27. The third kappa shape index (κ3) is 2.71. The molecule has 4 nitrogen and oxygen atoms in total. The fourth-order valence-electron chi connectivity index (χ4n) is 1.09. The van der Waals surface area contributed by atoms with Gasteiger partial charge in [-0.1, -0.05) is 0 Å². The lowest BCUT2D eigenvalue weighted by molar-refractivity contribution is -0.128. The van der Waals surface area contributed by atoms with Crippen LogP contribution in [0.1, 0.15) is 16.2 Å². The molecular weight excluding hydrogens is 281 g/mol. The van der Waals surface area contributed by atoms with Crippen LogP contribution in [0.4, 0.5) is 13.2 Å². The molecule has 0 bridgehead atoms. The largest absolute Gasteiger partial charge is 0.476 e. The summed E-state index contributed by atoms with van der Waals surface area (Å²) in [4.78, 5) is 10.6. The molecule has 0 amide bonds. The van der Waals surface area contributed by atoms with Gasteiger partial charge in [0.1, 0.15) is 0 Å². The summed E-state index contributed by atoms with van der Waals surface area (Å²) in [6.45, 7) is 0. The minimum absolute atomic E-state index is 0.130. The van der Waals surface area contributed by atoms with Crippen LogP contribution in [0.25, 0.3) is 0 Å². The highest BCUT2D eigenvalue weighted by molar-refractivity contribution is 9.10. The number of carbonyl (C=O) groups is 1. The number of aromatic carboxylic acids is 1. The van der Waals surface area contributed by atoms with Crippen LogP contribution in [0.5, 0.6) is 0 Å². The van der Waals surface area contributed by atoms with Crippen LogP contribution >= 0.6 is 15.9 Å². The predicted octanol–water partition coefficient (Wildman–Crippen LogP) is 1.99. The van der Waals surface area contributed by atoms with Crippen LogP contribution in [-0.2, 0) is 13.5 Å². The minimum atomic E-state index is -4.41. The molecule has 1 heterocycles. The smallest absolute Gasteiger partial charge is 0.394 e. The van der Waals surface area contributed by atoms with Crippen LogP contribution in [0.3, 0.4) is 0 Å². The summed E-state index contributed by atoms with van der Waals surface area (Å²) >= 11 is 2.79. The Morgan fingerprint density at radius 1 is 1.60 bits per heavy atom. The first kappa shape index (κ1) is 12.0. The fraction of sp³-hybridized carbons (Fsp3) is 0.429. The zero-order valence-corrected chi connectivity index (χ0v) is 9.05. The third-order valence-electron chi connectivity index (χ3n) is 1.63. The molecule has 0 fully saturated rings. The molecule has 0 unspecified atom stereocenters. The first-order chi connectivity index (χ1) is 6.72. The number of hydrogen-bond acceptors (Lipinski definition) is 2. The van der Waals surface area contributed by atoms with Gasteiger partial charge in [0, 0.05) is 7.05 Å². The van der Waals surface area contributed by atoms with Gasteiger partial charge in [0.2, 0.25) is 0 Å². The van der Waals surface area contributed by atoms with Crippen molar-refractivity contribution in [2.45, 2.75) is 12.6 Å². The van der Waals surface area contributed by atoms with Gasteiger partial charge in [-0.25, -0.2) is 4.79 Å². The van der Waals surface area contributed by atoms with Crippen molar-refractivity contribution in [3.8, 4) is 0 Å². The Bertz CT molecular complexity index is 400. The van der Waals surface area contributed by atoms with Crippen molar-refractivity contribution in [3.63, 3.8) is 0 Å². The maximum Gasteiger partial charge on any atom is 0.394 e. The predicted molar refractivity (Wildman–Crippen MR) is 47.6 cm³/mol. The van der Waals surface area contributed by atoms with Crippen LogP contribution < -0.4 is 0 Å². The highest BCUT2D eigenvalue weighted by atomic mass is 79.9. The van der Waals surface area contributed by atoms with Gasteiger partial charge < -0.3 is 5.11 Å². The molecule has 0 radical (unpaired) electrons. The van der Waals surface area contributed by atoms with E-state index in [-0.39, 0.29) is 15.9 Å². The van der Waals surface area contributed by atoms with E-state index in [1.54, 1.807) is 0 Å². The number of carboxylic acid groups (broad SMARTS) is 1. The van der Waals surface area contributed by atoms with E-state index >= 15 is 0 Å². The Kier molecular flexibility index (Phi) is 3.08. The molecule has 0 aliphatic rings. The van der Waals surface area contributed by atoms with E-state index in [0.29, 0.717) is 0 Å². The molecule has 0 spiro atoms. The van der Waals surface area contributed by atoms with Crippen LogP contribution in [0, 0.1) is 0 Å². The Hall–Kier alpha value is -1.05. The molecule has 0 aliphatic heterocycles. The van der Waals surface area contributed by atoms with E-state index in [1.165, 1.54) is 7.05 Å². The molecule has 0 atom stereocenters. The van der Waals surface area contributed by atoms with Gasteiger partial charge in [0.15, 0.2) is 5.69 Å². The summed E-state index contributed by atoms with van der Waals surface area (Å²) in [6.07, 6.45) is -5.67. The SMILES string of the molecule is Cn1nc(CC(F)(F)F)c(Br)c1C(=O)O. The van der Waals surface area contributed by atoms with Crippen molar-refractivity contribution in [3.05, 3.63) is 15.9 Å². The van der Waals surface area contributed by atoms with Gasteiger partial charge >= 0.3 is 12.1 Å². The topological polar surface area (TPSA) is 55.1 Å². The highest BCUT2D eigenvalue weighted by Gasteiger charge is 2.32. The van der Waals surface area contributed by atoms with E-state index in [9.17, 15) is 18.0 Å². The van der Waals surface area contributed by atoms with Crippen LogP contribution in [-0.4, -0.2) is 27.0 Å². The van der Waals surface area contributed by atoms with Gasteiger partial charge in [-0.05, 0) is 15.9 Å². The molecule has 1 aromatic heterocycles. The number of carboxylic acids is 1. The lowest BCUT2D eigenvalue weighted by atomic mass is 10.3. The molecule has 84 valence electrons. The lowest BCUT2D eigenvalue weighted by Crippen LogP contribution is -2.12. The van der Waals surface area contributed by atoms with E-state index in [4.69, 9.17) is 5.11 Å². The average Bonchev–Trinajstić information content (AvgIpc) is 2.23. The zero-order valence-electron chi connectivity index (χ0n) is 7.47. The zero-order chi connectivity index (χ0) is 11.8. The van der Waals surface area contributed by atoms with E-state index < -0.39 is 18.6 Å². The lowest BCUT2D eigenvalue weighted by Gasteiger charge is -2.02. The van der Waals surface area contributed by atoms with Crippen molar-refractivity contribution < 1.29 is 23.1 Å². The number of aryl methyl sites for hydroxylation is 1. The summed E-state index contributed by atoms with van der Waals surface area (Å²) in [6, 6.07) is 0. The number of nitrogens with zero attached hydrogens (tertiary/aromatic N) is 2. The van der Waals surface area contributed by atoms with E-state index in [1.807, 2.05) is 0 Å². The standard InChI is InChI=1S/C7H6BrF3N2O2/c1-13-5(6(14)15)4(8)3(12-13)2-7(9,10)11/h2H2,1H3,(H,14,15). The van der Waals surface area contributed by atoms with Crippen LogP contribution in [0.2, 0.25) is 0 Å². The summed E-state index contributed by atoms with van der Waals surface area (Å²) in [5, 5.41) is 12.2. The van der Waals surface area contributed by atoms with E-state index in [2.05, 4.69) is 21.0 Å². The highest BCUT2D eigenvalue weighted by Crippen LogP contribution is 2.27. The first-order valence-corrected chi connectivity index (χ1v) is 4.53. The normalized spacial score (nSPS) is 11.8. The molecule has 1 aromatic rings. The maximum absolute atomic E-state index is 12.0. The Morgan fingerprint density at radius 2 is 2.13 bits per heavy atom. The molecule has 15 heavy (non-hydrogen) atoms. The Balaban J connectivity index is 3.13. The van der Waals surface area contributed by atoms with Gasteiger partial charge in [-0.15, -0.1) is 0 Å². The minimum Gasteiger partial charge on any atom is -0.476 e. The maximum atomic E-state index is 12.0. The third-order valence-corrected chi connectivity index (χ3v) is 2.46. The molecule has 0 saturated heterocycles. The molecule has 8 heteroatoms. The fourth-order valence-corrected chi connectivity index (χ4v) is 1.73. The second-order valence-corrected chi connectivity index (χ2v) is 3.62. The summed E-state index contributed by atoms with van der Waals surface area (Å²) < 4.78 is 36.9. The quantitative estimate of drug-likeness (QED) is 0.905. The monoisotopic (exact) mass is 286 g/mol. The van der Waals surface area contributed by atoms with Gasteiger partial charge in [0.25, 0.3) is 0 Å². The van der Waals surface area contributed by atoms with Crippen LogP contribution in [0.15, 0.2) is 4.47 Å². The number of rotatable bonds is 2. The molecular formula is C7H6BrF3N2O2.